The van der Waals surface area contributed by atoms with E-state index in [0.717, 1.165) is 17.5 Å². The molecule has 0 aliphatic rings. The summed E-state index contributed by atoms with van der Waals surface area (Å²) in [4.78, 5) is 22.8. The highest BCUT2D eigenvalue weighted by Crippen LogP contribution is 2.17. The third kappa shape index (κ3) is 4.85. The SMILES string of the molecule is CCc1ccccc1OCC(=O)NCc1cccc(C(=O)O)c1. The lowest BCUT2D eigenvalue weighted by Crippen LogP contribution is -2.28. The van der Waals surface area contributed by atoms with Gasteiger partial charge in [-0.1, -0.05) is 37.3 Å². The minimum absolute atomic E-state index is 0.0738. The van der Waals surface area contributed by atoms with Crippen LogP contribution >= 0.6 is 0 Å². The van der Waals surface area contributed by atoms with Crippen molar-refractivity contribution >= 4 is 11.9 Å². The Labute approximate surface area is 134 Å². The number of aryl methyl sites for hydroxylation is 1. The Bertz CT molecular complexity index is 697. The van der Waals surface area contributed by atoms with Crippen LogP contribution < -0.4 is 10.1 Å². The zero-order chi connectivity index (χ0) is 16.7. The number of carbonyl (C=O) groups is 2. The molecule has 5 heteroatoms. The molecule has 0 aromatic heterocycles. The number of benzene rings is 2. The van der Waals surface area contributed by atoms with Gasteiger partial charge in [-0.3, -0.25) is 4.79 Å². The van der Waals surface area contributed by atoms with Crippen molar-refractivity contribution in [2.45, 2.75) is 19.9 Å². The van der Waals surface area contributed by atoms with Gasteiger partial charge in [-0.05, 0) is 35.7 Å². The van der Waals surface area contributed by atoms with Crippen LogP contribution in [-0.2, 0) is 17.8 Å². The molecule has 0 spiro atoms. The van der Waals surface area contributed by atoms with E-state index in [2.05, 4.69) is 5.32 Å². The number of nitrogens with one attached hydrogen (secondary N) is 1. The van der Waals surface area contributed by atoms with Crippen LogP contribution in [0.4, 0.5) is 0 Å². The Hall–Kier alpha value is -2.82. The topological polar surface area (TPSA) is 75.6 Å². The van der Waals surface area contributed by atoms with Crippen molar-refractivity contribution in [1.29, 1.82) is 0 Å². The monoisotopic (exact) mass is 313 g/mol. The molecule has 2 N–H and O–H groups in total. The van der Waals surface area contributed by atoms with Gasteiger partial charge in [-0.2, -0.15) is 0 Å². The number of carbonyl (C=O) groups excluding carboxylic acids is 1. The highest BCUT2D eigenvalue weighted by molar-refractivity contribution is 5.87. The van der Waals surface area contributed by atoms with E-state index < -0.39 is 5.97 Å². The number of hydrogen-bond acceptors (Lipinski definition) is 3. The summed E-state index contributed by atoms with van der Waals surface area (Å²) in [6, 6.07) is 14.1. The van der Waals surface area contributed by atoms with E-state index in [4.69, 9.17) is 9.84 Å². The van der Waals surface area contributed by atoms with E-state index in [1.165, 1.54) is 12.1 Å². The first-order valence-electron chi connectivity index (χ1n) is 7.39. The fourth-order valence-corrected chi connectivity index (χ4v) is 2.15. The molecule has 2 aromatic carbocycles. The van der Waals surface area contributed by atoms with Crippen LogP contribution in [-0.4, -0.2) is 23.6 Å². The summed E-state index contributed by atoms with van der Waals surface area (Å²) in [6.07, 6.45) is 0.833. The maximum atomic E-state index is 11.9. The highest BCUT2D eigenvalue weighted by Gasteiger charge is 2.07. The smallest absolute Gasteiger partial charge is 0.335 e. The van der Waals surface area contributed by atoms with Crippen LogP contribution in [0.25, 0.3) is 0 Å². The second kappa shape index (κ2) is 7.98. The van der Waals surface area contributed by atoms with Gasteiger partial charge in [0.05, 0.1) is 5.56 Å². The van der Waals surface area contributed by atoms with Gasteiger partial charge in [-0.25, -0.2) is 4.79 Å². The Kier molecular flexibility index (Phi) is 5.74. The summed E-state index contributed by atoms with van der Waals surface area (Å²) in [6.45, 7) is 2.21. The number of para-hydroxylation sites is 1. The van der Waals surface area contributed by atoms with Crippen LogP contribution in [0.3, 0.4) is 0 Å². The summed E-state index contributed by atoms with van der Waals surface area (Å²) < 4.78 is 5.53. The van der Waals surface area contributed by atoms with Crippen LogP contribution in [0.5, 0.6) is 5.75 Å². The number of rotatable bonds is 7. The van der Waals surface area contributed by atoms with E-state index >= 15 is 0 Å². The molecule has 0 heterocycles. The molecule has 0 aliphatic heterocycles. The molecule has 0 unspecified atom stereocenters. The van der Waals surface area contributed by atoms with Gasteiger partial charge in [0.2, 0.25) is 0 Å². The summed E-state index contributed by atoms with van der Waals surface area (Å²) in [7, 11) is 0. The molecule has 23 heavy (non-hydrogen) atoms. The predicted molar refractivity (Wildman–Crippen MR) is 86.6 cm³/mol. The molecule has 0 saturated carbocycles. The number of ether oxygens (including phenoxy) is 1. The zero-order valence-corrected chi connectivity index (χ0v) is 12.9. The molecule has 2 rings (SSSR count). The van der Waals surface area contributed by atoms with Crippen LogP contribution in [0.15, 0.2) is 48.5 Å². The van der Waals surface area contributed by atoms with Crippen LogP contribution in [0.1, 0.15) is 28.4 Å². The average molecular weight is 313 g/mol. The summed E-state index contributed by atoms with van der Waals surface area (Å²) in [5.74, 6) is -0.535. The highest BCUT2D eigenvalue weighted by atomic mass is 16.5. The summed E-state index contributed by atoms with van der Waals surface area (Å²) in [5.41, 5.74) is 1.98. The lowest BCUT2D eigenvalue weighted by Gasteiger charge is -2.10. The van der Waals surface area contributed by atoms with Crippen LogP contribution in [0, 0.1) is 0 Å². The second-order valence-corrected chi connectivity index (χ2v) is 5.03. The average Bonchev–Trinajstić information content (AvgIpc) is 2.58. The minimum Gasteiger partial charge on any atom is -0.483 e. The number of carboxylic acid groups (broad SMARTS) is 1. The van der Waals surface area contributed by atoms with E-state index in [-0.39, 0.29) is 24.6 Å². The molecule has 2 aromatic rings. The van der Waals surface area contributed by atoms with E-state index in [1.54, 1.807) is 12.1 Å². The maximum absolute atomic E-state index is 11.9. The maximum Gasteiger partial charge on any atom is 0.335 e. The normalized spacial score (nSPS) is 10.1. The zero-order valence-electron chi connectivity index (χ0n) is 12.9. The second-order valence-electron chi connectivity index (χ2n) is 5.03. The molecule has 120 valence electrons. The third-order valence-electron chi connectivity index (χ3n) is 3.38. The van der Waals surface area contributed by atoms with Gasteiger partial charge in [0, 0.05) is 6.54 Å². The number of aromatic carboxylic acids is 1. The number of hydrogen-bond donors (Lipinski definition) is 2. The minimum atomic E-state index is -0.988. The molecule has 1 amide bonds. The van der Waals surface area contributed by atoms with Gasteiger partial charge in [0.1, 0.15) is 5.75 Å². The Balaban J connectivity index is 1.86. The standard InChI is InChI=1S/C18H19NO4/c1-2-14-7-3-4-9-16(14)23-12-17(20)19-11-13-6-5-8-15(10-13)18(21)22/h3-10H,2,11-12H2,1H3,(H,19,20)(H,21,22). The summed E-state index contributed by atoms with van der Waals surface area (Å²) >= 11 is 0. The van der Waals surface area contributed by atoms with Gasteiger partial charge in [-0.15, -0.1) is 0 Å². The predicted octanol–water partition coefficient (Wildman–Crippen LogP) is 2.64. The van der Waals surface area contributed by atoms with Crippen molar-refractivity contribution in [3.63, 3.8) is 0 Å². The Morgan fingerprint density at radius 3 is 2.65 bits per heavy atom. The number of amides is 1. The molecule has 0 fully saturated rings. The lowest BCUT2D eigenvalue weighted by molar-refractivity contribution is -0.123. The molecule has 0 aliphatic carbocycles. The van der Waals surface area contributed by atoms with E-state index in [1.807, 2.05) is 31.2 Å². The fraction of sp³-hybridized carbons (Fsp3) is 0.222. The first kappa shape index (κ1) is 16.5. The quantitative estimate of drug-likeness (QED) is 0.824. The molecular weight excluding hydrogens is 294 g/mol. The van der Waals surface area contributed by atoms with Gasteiger partial charge >= 0.3 is 5.97 Å². The fourth-order valence-electron chi connectivity index (χ4n) is 2.15. The Morgan fingerprint density at radius 2 is 1.91 bits per heavy atom. The van der Waals surface area contributed by atoms with Crippen molar-refractivity contribution in [2.24, 2.45) is 0 Å². The first-order chi connectivity index (χ1) is 11.1. The summed E-state index contributed by atoms with van der Waals surface area (Å²) in [5, 5.41) is 11.7. The molecule has 5 nitrogen and oxygen atoms in total. The van der Waals surface area contributed by atoms with E-state index in [9.17, 15) is 9.59 Å². The van der Waals surface area contributed by atoms with Crippen molar-refractivity contribution in [2.75, 3.05) is 6.61 Å². The Morgan fingerprint density at radius 1 is 1.13 bits per heavy atom. The molecule has 0 saturated heterocycles. The number of carboxylic acids is 1. The first-order valence-corrected chi connectivity index (χ1v) is 7.39. The molecular formula is C18H19NO4. The largest absolute Gasteiger partial charge is 0.483 e. The van der Waals surface area contributed by atoms with Gasteiger partial charge in [0.25, 0.3) is 5.91 Å². The van der Waals surface area contributed by atoms with E-state index in [0.29, 0.717) is 5.75 Å². The van der Waals surface area contributed by atoms with Crippen molar-refractivity contribution < 1.29 is 19.4 Å². The van der Waals surface area contributed by atoms with Gasteiger partial charge < -0.3 is 15.2 Å². The van der Waals surface area contributed by atoms with Crippen molar-refractivity contribution in [3.8, 4) is 5.75 Å². The molecule has 0 radical (unpaired) electrons. The van der Waals surface area contributed by atoms with Gasteiger partial charge in [0.15, 0.2) is 6.61 Å². The third-order valence-corrected chi connectivity index (χ3v) is 3.38. The molecule has 0 atom stereocenters. The lowest BCUT2D eigenvalue weighted by atomic mass is 10.1. The van der Waals surface area contributed by atoms with Crippen molar-refractivity contribution in [1.82, 2.24) is 5.32 Å². The molecule has 0 bridgehead atoms. The van der Waals surface area contributed by atoms with Crippen LogP contribution in [0.2, 0.25) is 0 Å². The van der Waals surface area contributed by atoms with Crippen molar-refractivity contribution in [3.05, 3.63) is 65.2 Å².